The van der Waals surface area contributed by atoms with E-state index in [-0.39, 0.29) is 13.2 Å². The number of hydrogen-bond acceptors (Lipinski definition) is 5. The van der Waals surface area contributed by atoms with Crippen molar-refractivity contribution in [3.05, 3.63) is 59.7 Å². The minimum Gasteiger partial charge on any atom is -0.392 e. The van der Waals surface area contributed by atoms with Gasteiger partial charge >= 0.3 is 6.03 Å². The molecule has 0 aliphatic heterocycles. The van der Waals surface area contributed by atoms with E-state index in [4.69, 9.17) is 5.73 Å². The van der Waals surface area contributed by atoms with Gasteiger partial charge in [-0.15, -0.1) is 0 Å². The average molecular weight is 388 g/mol. The monoisotopic (exact) mass is 388 g/mol. The summed E-state index contributed by atoms with van der Waals surface area (Å²) < 4.78 is 0. The van der Waals surface area contributed by atoms with Crippen LogP contribution in [0.5, 0.6) is 0 Å². The molecule has 0 saturated carbocycles. The van der Waals surface area contributed by atoms with Gasteiger partial charge in [0.25, 0.3) is 5.91 Å². The molecule has 1 unspecified atom stereocenters. The van der Waals surface area contributed by atoms with Crippen molar-refractivity contribution in [2.45, 2.75) is 42.3 Å². The number of hydrazine groups is 1. The van der Waals surface area contributed by atoms with Crippen LogP contribution >= 0.6 is 11.8 Å². The summed E-state index contributed by atoms with van der Waals surface area (Å²) in [5.74, 6) is -0.441. The summed E-state index contributed by atoms with van der Waals surface area (Å²) in [4.78, 5) is 25.4. The number of amides is 3. The summed E-state index contributed by atoms with van der Waals surface area (Å²) in [5.41, 5.74) is 11.9. The second-order valence-electron chi connectivity index (χ2n) is 5.79. The van der Waals surface area contributed by atoms with E-state index in [0.29, 0.717) is 6.42 Å². The molecule has 144 valence electrons. The van der Waals surface area contributed by atoms with Crippen LogP contribution < -0.4 is 21.9 Å². The van der Waals surface area contributed by atoms with Gasteiger partial charge in [-0.3, -0.25) is 10.2 Å². The Hall–Kier alpha value is -2.55. The minimum absolute atomic E-state index is 0.0361. The third kappa shape index (κ3) is 6.28. The van der Waals surface area contributed by atoms with E-state index < -0.39 is 18.0 Å². The molecular formula is C19H24N4O3S. The average Bonchev–Trinajstić information content (AvgIpc) is 2.71. The van der Waals surface area contributed by atoms with Gasteiger partial charge in [0.1, 0.15) is 0 Å². The molecule has 0 heterocycles. The lowest BCUT2D eigenvalue weighted by atomic mass is 10.2. The van der Waals surface area contributed by atoms with Gasteiger partial charge in [-0.1, -0.05) is 55.1 Å². The van der Waals surface area contributed by atoms with Crippen molar-refractivity contribution < 1.29 is 14.7 Å². The number of aliphatic hydroxyl groups is 1. The fourth-order valence-corrected chi connectivity index (χ4v) is 3.28. The van der Waals surface area contributed by atoms with Crippen LogP contribution in [0, 0.1) is 0 Å². The lowest BCUT2D eigenvalue weighted by Crippen LogP contribution is -2.51. The van der Waals surface area contributed by atoms with Crippen LogP contribution in [0.2, 0.25) is 0 Å². The maximum absolute atomic E-state index is 11.9. The van der Waals surface area contributed by atoms with E-state index in [2.05, 4.69) is 16.2 Å². The van der Waals surface area contributed by atoms with Crippen molar-refractivity contribution in [1.82, 2.24) is 16.2 Å². The number of aliphatic hydroxyl groups excluding tert-OH is 1. The smallest absolute Gasteiger partial charge is 0.333 e. The van der Waals surface area contributed by atoms with Crippen LogP contribution in [0.15, 0.2) is 58.3 Å². The molecule has 6 N–H and O–H groups in total. The first kappa shape index (κ1) is 20.8. The molecule has 27 heavy (non-hydrogen) atoms. The quantitative estimate of drug-likeness (QED) is 0.465. The Morgan fingerprint density at radius 1 is 1.04 bits per heavy atom. The normalized spacial score (nSPS) is 11.5. The molecule has 3 amide bonds. The standard InChI is InChI=1S/C19H24N4O3S/c1-2-15(20)18(25)22-23-19(26)21-11-13-7-3-5-9-16(13)27-17-10-6-4-8-14(17)12-24/h3-10,15,24H,2,11-12,20H2,1H3,(H,22,25)(H2,21,23,26). The lowest BCUT2D eigenvalue weighted by Gasteiger charge is -2.14. The Bertz CT molecular complexity index is 785. The topological polar surface area (TPSA) is 116 Å². The highest BCUT2D eigenvalue weighted by Crippen LogP contribution is 2.32. The van der Waals surface area contributed by atoms with Gasteiger partial charge in [-0.2, -0.15) is 0 Å². The number of benzene rings is 2. The van der Waals surface area contributed by atoms with Crippen molar-refractivity contribution in [3.63, 3.8) is 0 Å². The number of urea groups is 1. The molecule has 2 aromatic rings. The summed E-state index contributed by atoms with van der Waals surface area (Å²) >= 11 is 1.52. The summed E-state index contributed by atoms with van der Waals surface area (Å²) in [6, 6.07) is 14.1. The molecule has 0 fully saturated rings. The molecule has 7 nitrogen and oxygen atoms in total. The molecule has 0 aliphatic carbocycles. The van der Waals surface area contributed by atoms with Gasteiger partial charge in [0.2, 0.25) is 0 Å². The van der Waals surface area contributed by atoms with Gasteiger partial charge in [0, 0.05) is 16.3 Å². The van der Waals surface area contributed by atoms with Gasteiger partial charge in [-0.05, 0) is 29.7 Å². The maximum atomic E-state index is 11.9. The van der Waals surface area contributed by atoms with Crippen LogP contribution in [-0.2, 0) is 17.9 Å². The third-order valence-electron chi connectivity index (χ3n) is 3.85. The fourth-order valence-electron chi connectivity index (χ4n) is 2.22. The first-order valence-electron chi connectivity index (χ1n) is 8.59. The highest BCUT2D eigenvalue weighted by Gasteiger charge is 2.12. The van der Waals surface area contributed by atoms with Crippen LogP contribution in [0.1, 0.15) is 24.5 Å². The Balaban J connectivity index is 1.96. The van der Waals surface area contributed by atoms with Gasteiger partial charge < -0.3 is 16.2 Å². The highest BCUT2D eigenvalue weighted by molar-refractivity contribution is 7.99. The Labute approximate surface area is 162 Å². The van der Waals surface area contributed by atoms with E-state index in [1.165, 1.54) is 11.8 Å². The molecule has 0 bridgehead atoms. The second-order valence-corrected chi connectivity index (χ2v) is 6.87. The molecule has 2 aromatic carbocycles. The number of nitrogens with one attached hydrogen (secondary N) is 3. The molecule has 2 rings (SSSR count). The van der Waals surface area contributed by atoms with Crippen molar-refractivity contribution in [3.8, 4) is 0 Å². The van der Waals surface area contributed by atoms with E-state index in [1.807, 2.05) is 48.5 Å². The predicted octanol–water partition coefficient (Wildman–Crippen LogP) is 1.90. The lowest BCUT2D eigenvalue weighted by molar-refractivity contribution is -0.123. The largest absolute Gasteiger partial charge is 0.392 e. The number of carbonyl (C=O) groups is 2. The summed E-state index contributed by atoms with van der Waals surface area (Å²) in [6.07, 6.45) is 0.481. The number of hydrogen-bond donors (Lipinski definition) is 5. The molecule has 0 radical (unpaired) electrons. The van der Waals surface area contributed by atoms with Crippen molar-refractivity contribution >= 4 is 23.7 Å². The third-order valence-corrected chi connectivity index (χ3v) is 5.09. The fraction of sp³-hybridized carbons (Fsp3) is 0.263. The van der Waals surface area contributed by atoms with Crippen molar-refractivity contribution in [1.29, 1.82) is 0 Å². The number of nitrogens with two attached hydrogens (primary N) is 1. The SMILES string of the molecule is CCC(N)C(=O)NNC(=O)NCc1ccccc1Sc1ccccc1CO. The van der Waals surface area contributed by atoms with E-state index in [1.54, 1.807) is 6.92 Å². The van der Waals surface area contributed by atoms with E-state index in [0.717, 1.165) is 20.9 Å². The van der Waals surface area contributed by atoms with Crippen molar-refractivity contribution in [2.24, 2.45) is 5.73 Å². The molecule has 0 aliphatic rings. The van der Waals surface area contributed by atoms with Crippen LogP contribution in [0.3, 0.4) is 0 Å². The minimum atomic E-state index is -0.658. The molecule has 0 spiro atoms. The van der Waals surface area contributed by atoms with Gasteiger partial charge in [-0.25, -0.2) is 10.2 Å². The zero-order valence-electron chi connectivity index (χ0n) is 15.1. The zero-order chi connectivity index (χ0) is 19.6. The van der Waals surface area contributed by atoms with Gasteiger partial charge in [0.15, 0.2) is 0 Å². The van der Waals surface area contributed by atoms with E-state index >= 15 is 0 Å². The number of carbonyl (C=O) groups excluding carboxylic acids is 2. The van der Waals surface area contributed by atoms with Gasteiger partial charge in [0.05, 0.1) is 12.6 Å². The van der Waals surface area contributed by atoms with Crippen LogP contribution in [-0.4, -0.2) is 23.1 Å². The predicted molar refractivity (Wildman–Crippen MR) is 105 cm³/mol. The zero-order valence-corrected chi connectivity index (χ0v) is 15.9. The van der Waals surface area contributed by atoms with Crippen LogP contribution in [0.4, 0.5) is 4.79 Å². The summed E-state index contributed by atoms with van der Waals surface area (Å²) in [5, 5.41) is 12.2. The van der Waals surface area contributed by atoms with E-state index in [9.17, 15) is 14.7 Å². The second kappa shape index (κ2) is 10.6. The Morgan fingerprint density at radius 2 is 1.63 bits per heavy atom. The highest BCUT2D eigenvalue weighted by atomic mass is 32.2. The Morgan fingerprint density at radius 3 is 2.26 bits per heavy atom. The maximum Gasteiger partial charge on any atom is 0.333 e. The molecular weight excluding hydrogens is 364 g/mol. The first-order chi connectivity index (χ1) is 13.0. The van der Waals surface area contributed by atoms with Crippen molar-refractivity contribution in [2.75, 3.05) is 0 Å². The summed E-state index contributed by atoms with van der Waals surface area (Å²) in [7, 11) is 0. The summed E-state index contributed by atoms with van der Waals surface area (Å²) in [6.45, 7) is 2.03. The van der Waals surface area contributed by atoms with Crippen LogP contribution in [0.25, 0.3) is 0 Å². The molecule has 8 heteroatoms. The first-order valence-corrected chi connectivity index (χ1v) is 9.40. The molecule has 0 saturated heterocycles. The molecule has 1 atom stereocenters. The number of rotatable bonds is 7. The Kier molecular flexibility index (Phi) is 8.12. The molecule has 0 aromatic heterocycles.